The Labute approximate surface area is 142 Å². The van der Waals surface area contributed by atoms with Crippen molar-refractivity contribution in [3.05, 3.63) is 42.5 Å². The third-order valence-corrected chi connectivity index (χ3v) is 4.34. The zero-order valence-electron chi connectivity index (χ0n) is 13.9. The van der Waals surface area contributed by atoms with Crippen LogP contribution in [0.3, 0.4) is 0 Å². The Bertz CT molecular complexity index is 798. The number of fused-ring (bicyclic) bond motifs is 2. The molecule has 0 bridgehead atoms. The monoisotopic (exact) mass is 352 g/mol. The molecule has 0 aliphatic carbocycles. The van der Waals surface area contributed by atoms with Gasteiger partial charge in [0, 0.05) is 7.05 Å². The van der Waals surface area contributed by atoms with E-state index < -0.39 is 10.4 Å². The predicted octanol–water partition coefficient (Wildman–Crippen LogP) is 3.04. The van der Waals surface area contributed by atoms with Crippen molar-refractivity contribution >= 4 is 33.1 Å². The molecule has 0 saturated carbocycles. The zero-order valence-corrected chi connectivity index (χ0v) is 14.8. The number of methoxy groups -OCH3 is 1. The van der Waals surface area contributed by atoms with Gasteiger partial charge in [0.1, 0.15) is 11.4 Å². The minimum absolute atomic E-state index is 0.865. The molecular formula is C16H20N2O5S. The first-order chi connectivity index (χ1) is 11.4. The third-order valence-electron chi connectivity index (χ3n) is 3.52. The number of anilines is 4. The van der Waals surface area contributed by atoms with E-state index in [4.69, 9.17) is 4.74 Å². The van der Waals surface area contributed by atoms with Crippen molar-refractivity contribution in [3.63, 3.8) is 0 Å². The van der Waals surface area contributed by atoms with Crippen molar-refractivity contribution in [1.82, 2.24) is 0 Å². The number of rotatable bonds is 3. The molecule has 1 N–H and O–H groups in total. The Morgan fingerprint density at radius 2 is 1.54 bits per heavy atom. The normalized spacial score (nSPS) is 12.2. The molecule has 1 aliphatic heterocycles. The molecule has 0 fully saturated rings. The molecule has 0 amide bonds. The summed E-state index contributed by atoms with van der Waals surface area (Å²) >= 11 is 0. The molecule has 0 radical (unpaired) electrons. The van der Waals surface area contributed by atoms with Gasteiger partial charge in [0.2, 0.25) is 0 Å². The van der Waals surface area contributed by atoms with Crippen LogP contribution in [0.1, 0.15) is 0 Å². The molecule has 1 heterocycles. The van der Waals surface area contributed by atoms with E-state index in [0.717, 1.165) is 37.0 Å². The summed E-state index contributed by atoms with van der Waals surface area (Å²) < 4.78 is 32.9. The summed E-state index contributed by atoms with van der Waals surface area (Å²) in [5, 5.41) is 3.42. The molecule has 0 saturated heterocycles. The van der Waals surface area contributed by atoms with E-state index in [2.05, 4.69) is 43.8 Å². The first kappa shape index (κ1) is 18.1. The van der Waals surface area contributed by atoms with E-state index in [1.54, 1.807) is 7.11 Å². The van der Waals surface area contributed by atoms with Crippen molar-refractivity contribution in [1.29, 1.82) is 0 Å². The summed E-state index contributed by atoms with van der Waals surface area (Å²) in [5.41, 5.74) is 4.43. The maximum atomic E-state index is 9.92. The van der Waals surface area contributed by atoms with Crippen molar-refractivity contribution in [2.75, 3.05) is 38.6 Å². The number of hydrogen-bond acceptors (Lipinski definition) is 7. The van der Waals surface area contributed by atoms with E-state index in [9.17, 15) is 8.42 Å². The number of nitrogens with one attached hydrogen (secondary N) is 1. The lowest BCUT2D eigenvalue weighted by molar-refractivity contribution is 0.286. The number of benzene rings is 2. The molecular weight excluding hydrogens is 332 g/mol. The number of para-hydroxylation sites is 3. The number of hydrogen-bond donors (Lipinski definition) is 1. The summed E-state index contributed by atoms with van der Waals surface area (Å²) in [7, 11) is 2.16. The molecule has 8 heteroatoms. The standard InChI is InChI=1S/C14H14N2O.C2H6O4S/c1-16-11-7-4-3-6-10(11)15-14-12(16)8-5-9-13(14)17-2;1-5-7(3,4)6-2/h3-9,15H,1-2H3;1-2H3. The van der Waals surface area contributed by atoms with Crippen LogP contribution >= 0.6 is 0 Å². The highest BCUT2D eigenvalue weighted by Crippen LogP contribution is 2.46. The van der Waals surface area contributed by atoms with Gasteiger partial charge < -0.3 is 15.0 Å². The fourth-order valence-corrected chi connectivity index (χ4v) is 2.44. The topological polar surface area (TPSA) is 77.1 Å². The lowest BCUT2D eigenvalue weighted by Gasteiger charge is -2.31. The fourth-order valence-electron chi connectivity index (χ4n) is 2.30. The van der Waals surface area contributed by atoms with Crippen LogP contribution in [0.25, 0.3) is 0 Å². The van der Waals surface area contributed by atoms with Gasteiger partial charge in [-0.3, -0.25) is 8.37 Å². The molecule has 24 heavy (non-hydrogen) atoms. The summed E-state index contributed by atoms with van der Waals surface area (Å²) in [6, 6.07) is 14.3. The highest BCUT2D eigenvalue weighted by atomic mass is 32.3. The quantitative estimate of drug-likeness (QED) is 0.910. The first-order valence-corrected chi connectivity index (χ1v) is 8.39. The highest BCUT2D eigenvalue weighted by Gasteiger charge is 2.21. The summed E-state index contributed by atoms with van der Waals surface area (Å²) in [6.45, 7) is 0. The van der Waals surface area contributed by atoms with Gasteiger partial charge in [0.25, 0.3) is 0 Å². The third kappa shape index (κ3) is 3.78. The van der Waals surface area contributed by atoms with E-state index in [0.29, 0.717) is 0 Å². The summed E-state index contributed by atoms with van der Waals surface area (Å²) in [6.07, 6.45) is 0. The Balaban J connectivity index is 0.000000256. The molecule has 0 atom stereocenters. The lowest BCUT2D eigenvalue weighted by atomic mass is 10.1. The molecule has 130 valence electrons. The van der Waals surface area contributed by atoms with Gasteiger partial charge in [-0.25, -0.2) is 0 Å². The van der Waals surface area contributed by atoms with E-state index >= 15 is 0 Å². The van der Waals surface area contributed by atoms with Crippen LogP contribution in [0.4, 0.5) is 22.7 Å². The largest absolute Gasteiger partial charge is 0.494 e. The molecule has 0 unspecified atom stereocenters. The van der Waals surface area contributed by atoms with Gasteiger partial charge in [-0.1, -0.05) is 18.2 Å². The number of ether oxygens (including phenoxy) is 1. The predicted molar refractivity (Wildman–Crippen MR) is 93.7 cm³/mol. The molecule has 3 rings (SSSR count). The lowest BCUT2D eigenvalue weighted by Crippen LogP contribution is -2.17. The average molecular weight is 352 g/mol. The molecule has 2 aromatic carbocycles. The second-order valence-corrected chi connectivity index (χ2v) is 6.28. The average Bonchev–Trinajstić information content (AvgIpc) is 2.62. The van der Waals surface area contributed by atoms with Crippen molar-refractivity contribution in [3.8, 4) is 5.75 Å². The van der Waals surface area contributed by atoms with Crippen LogP contribution < -0.4 is 15.0 Å². The van der Waals surface area contributed by atoms with Crippen LogP contribution in [0.2, 0.25) is 0 Å². The van der Waals surface area contributed by atoms with Gasteiger partial charge in [-0.2, -0.15) is 8.42 Å². The van der Waals surface area contributed by atoms with Crippen LogP contribution in [-0.2, 0) is 18.8 Å². The van der Waals surface area contributed by atoms with Gasteiger partial charge in [-0.15, -0.1) is 0 Å². The van der Waals surface area contributed by atoms with E-state index in [1.165, 1.54) is 5.69 Å². The zero-order chi connectivity index (χ0) is 17.7. The Hall–Kier alpha value is -2.29. The Morgan fingerprint density at radius 3 is 2.12 bits per heavy atom. The molecule has 1 aliphatic rings. The van der Waals surface area contributed by atoms with Crippen molar-refractivity contribution in [2.24, 2.45) is 0 Å². The van der Waals surface area contributed by atoms with Crippen LogP contribution in [0.15, 0.2) is 42.5 Å². The molecule has 7 nitrogen and oxygen atoms in total. The minimum atomic E-state index is -3.66. The summed E-state index contributed by atoms with van der Waals surface area (Å²) in [5.74, 6) is 0.865. The van der Waals surface area contributed by atoms with Crippen LogP contribution in [0, 0.1) is 0 Å². The van der Waals surface area contributed by atoms with Gasteiger partial charge in [0.05, 0.1) is 38.4 Å². The first-order valence-electron chi connectivity index (χ1n) is 7.06. The van der Waals surface area contributed by atoms with E-state index in [-0.39, 0.29) is 0 Å². The van der Waals surface area contributed by atoms with Crippen LogP contribution in [-0.4, -0.2) is 36.8 Å². The smallest absolute Gasteiger partial charge is 0.399 e. The number of nitrogens with zero attached hydrogens (tertiary/aromatic N) is 1. The highest BCUT2D eigenvalue weighted by molar-refractivity contribution is 7.81. The maximum Gasteiger partial charge on any atom is 0.399 e. The van der Waals surface area contributed by atoms with Gasteiger partial charge >= 0.3 is 10.4 Å². The Morgan fingerprint density at radius 1 is 0.917 bits per heavy atom. The molecule has 2 aromatic rings. The van der Waals surface area contributed by atoms with E-state index in [1.807, 2.05) is 24.3 Å². The van der Waals surface area contributed by atoms with Gasteiger partial charge in [0.15, 0.2) is 0 Å². The van der Waals surface area contributed by atoms with Crippen molar-refractivity contribution < 1.29 is 21.5 Å². The summed E-state index contributed by atoms with van der Waals surface area (Å²) in [4.78, 5) is 2.17. The maximum absolute atomic E-state index is 9.92. The van der Waals surface area contributed by atoms with Crippen molar-refractivity contribution in [2.45, 2.75) is 0 Å². The second kappa shape index (κ2) is 7.52. The fraction of sp³-hybridized carbons (Fsp3) is 0.250. The van der Waals surface area contributed by atoms with Crippen LogP contribution in [0.5, 0.6) is 5.75 Å². The Kier molecular flexibility index (Phi) is 5.66. The molecule has 0 aromatic heterocycles. The van der Waals surface area contributed by atoms with Gasteiger partial charge in [-0.05, 0) is 24.3 Å². The molecule has 0 spiro atoms. The second-order valence-electron chi connectivity index (χ2n) is 4.80. The minimum Gasteiger partial charge on any atom is -0.494 e. The SMILES string of the molecule is COS(=O)(=O)OC.COc1cccc2c1Nc1ccccc1N2C.